The summed E-state index contributed by atoms with van der Waals surface area (Å²) in [6, 6.07) is 10.9. The molecule has 4 aliphatic carbocycles. The molecule has 0 unspecified atom stereocenters. The van der Waals surface area contributed by atoms with Crippen molar-refractivity contribution in [2.45, 2.75) is 90.2 Å². The van der Waals surface area contributed by atoms with E-state index in [-0.39, 0.29) is 0 Å². The fourth-order valence-electron chi connectivity index (χ4n) is 8.72. The minimum absolute atomic E-state index is 0.391. The van der Waals surface area contributed by atoms with Crippen LogP contribution in [0, 0.1) is 40.9 Å². The maximum atomic E-state index is 10.6. The Morgan fingerprint density at radius 1 is 0.900 bits per heavy atom. The van der Waals surface area contributed by atoms with E-state index in [2.05, 4.69) is 49.5 Å². The van der Waals surface area contributed by atoms with Crippen LogP contribution in [0.2, 0.25) is 0 Å². The van der Waals surface area contributed by atoms with E-state index >= 15 is 0 Å². The molecule has 4 fully saturated rings. The van der Waals surface area contributed by atoms with Crippen molar-refractivity contribution in [1.29, 1.82) is 0 Å². The Balaban J connectivity index is 1.25. The zero-order chi connectivity index (χ0) is 20.8. The number of benzene rings is 1. The van der Waals surface area contributed by atoms with E-state index in [4.69, 9.17) is 0 Å². The van der Waals surface area contributed by atoms with E-state index in [0.29, 0.717) is 5.41 Å². The summed E-state index contributed by atoms with van der Waals surface area (Å²) in [5, 5.41) is 14.5. The van der Waals surface area contributed by atoms with Crippen LogP contribution < -0.4 is 5.32 Å². The number of rotatable bonds is 4. The molecule has 4 saturated carbocycles. The second kappa shape index (κ2) is 8.24. The van der Waals surface area contributed by atoms with Gasteiger partial charge in [0.05, 0.1) is 5.60 Å². The standard InChI is InChI=1S/C28H43NO/c1-27(30)15-13-23-21(17-27)11-12-25-24(23)14-16-28(2)22(9-6-10-26(25)28)19-29-18-20-7-4-3-5-8-20/h3-5,7-8,21-26,29-30H,6,9-19H2,1-2H3/t21-,22-,23+,24-,25-,26+,27-,28-/m1/s1. The largest absolute Gasteiger partial charge is 0.390 e. The van der Waals surface area contributed by atoms with E-state index in [0.717, 1.165) is 54.9 Å². The van der Waals surface area contributed by atoms with Crippen molar-refractivity contribution in [3.63, 3.8) is 0 Å². The van der Waals surface area contributed by atoms with Crippen LogP contribution in [0.4, 0.5) is 0 Å². The van der Waals surface area contributed by atoms with Gasteiger partial charge in [-0.15, -0.1) is 0 Å². The molecule has 1 aromatic rings. The van der Waals surface area contributed by atoms with Crippen LogP contribution in [0.5, 0.6) is 0 Å². The van der Waals surface area contributed by atoms with Crippen LogP contribution in [0.15, 0.2) is 30.3 Å². The molecule has 30 heavy (non-hydrogen) atoms. The first-order valence-electron chi connectivity index (χ1n) is 12.9. The molecule has 2 N–H and O–H groups in total. The van der Waals surface area contributed by atoms with Crippen molar-refractivity contribution in [3.05, 3.63) is 35.9 Å². The lowest BCUT2D eigenvalue weighted by atomic mass is 9.45. The number of aliphatic hydroxyl groups is 1. The fourth-order valence-corrected chi connectivity index (χ4v) is 8.72. The van der Waals surface area contributed by atoms with Crippen LogP contribution >= 0.6 is 0 Å². The molecule has 8 atom stereocenters. The molecule has 0 spiro atoms. The lowest BCUT2D eigenvalue weighted by Gasteiger charge is -2.61. The molecule has 4 aliphatic rings. The third kappa shape index (κ3) is 3.88. The third-order valence-corrected chi connectivity index (χ3v) is 10.2. The van der Waals surface area contributed by atoms with Gasteiger partial charge in [-0.3, -0.25) is 0 Å². The lowest BCUT2D eigenvalue weighted by molar-refractivity contribution is -0.126. The Morgan fingerprint density at radius 2 is 1.70 bits per heavy atom. The maximum Gasteiger partial charge on any atom is 0.0622 e. The molecule has 2 nitrogen and oxygen atoms in total. The maximum absolute atomic E-state index is 10.6. The van der Waals surface area contributed by atoms with E-state index in [1.807, 2.05) is 0 Å². The molecule has 0 bridgehead atoms. The summed E-state index contributed by atoms with van der Waals surface area (Å²) in [6.45, 7) is 6.95. The predicted molar refractivity (Wildman–Crippen MR) is 124 cm³/mol. The van der Waals surface area contributed by atoms with Crippen LogP contribution in [0.1, 0.15) is 83.6 Å². The van der Waals surface area contributed by atoms with Crippen LogP contribution in [0.3, 0.4) is 0 Å². The van der Waals surface area contributed by atoms with Gasteiger partial charge in [0.25, 0.3) is 0 Å². The van der Waals surface area contributed by atoms with Gasteiger partial charge in [0.15, 0.2) is 0 Å². The number of fused-ring (bicyclic) bond motifs is 5. The molecular formula is C28H43NO. The lowest BCUT2D eigenvalue weighted by Crippen LogP contribution is -2.54. The summed E-state index contributed by atoms with van der Waals surface area (Å²) in [5.41, 5.74) is 1.55. The van der Waals surface area contributed by atoms with Gasteiger partial charge in [0, 0.05) is 6.54 Å². The van der Waals surface area contributed by atoms with Crippen molar-refractivity contribution in [1.82, 2.24) is 5.32 Å². The van der Waals surface area contributed by atoms with Crippen molar-refractivity contribution in [2.75, 3.05) is 6.54 Å². The van der Waals surface area contributed by atoms with Crippen molar-refractivity contribution < 1.29 is 5.11 Å². The second-order valence-corrected chi connectivity index (χ2v) is 12.0. The number of nitrogens with one attached hydrogen (secondary N) is 1. The summed E-state index contributed by atoms with van der Waals surface area (Å²) in [6.07, 6.45) is 13.4. The molecule has 5 rings (SSSR count). The van der Waals surface area contributed by atoms with Crippen LogP contribution in [-0.4, -0.2) is 17.3 Å². The minimum Gasteiger partial charge on any atom is -0.390 e. The highest BCUT2D eigenvalue weighted by Crippen LogP contribution is 2.63. The average Bonchev–Trinajstić information content (AvgIpc) is 2.73. The first-order valence-corrected chi connectivity index (χ1v) is 12.9. The zero-order valence-corrected chi connectivity index (χ0v) is 19.3. The Labute approximate surface area is 184 Å². The molecule has 0 radical (unpaired) electrons. The van der Waals surface area contributed by atoms with Crippen molar-refractivity contribution in [2.24, 2.45) is 40.9 Å². The molecule has 2 heteroatoms. The molecular weight excluding hydrogens is 366 g/mol. The quantitative estimate of drug-likeness (QED) is 0.622. The van der Waals surface area contributed by atoms with E-state index in [9.17, 15) is 5.11 Å². The first-order chi connectivity index (χ1) is 14.5. The highest BCUT2D eigenvalue weighted by molar-refractivity contribution is 5.14. The monoisotopic (exact) mass is 409 g/mol. The summed E-state index contributed by atoms with van der Waals surface area (Å²) in [5.74, 6) is 5.40. The van der Waals surface area contributed by atoms with E-state index in [1.165, 1.54) is 63.5 Å². The summed E-state index contributed by atoms with van der Waals surface area (Å²) in [7, 11) is 0. The number of hydrogen-bond acceptors (Lipinski definition) is 2. The van der Waals surface area contributed by atoms with Crippen molar-refractivity contribution >= 4 is 0 Å². The third-order valence-electron chi connectivity index (χ3n) is 10.2. The van der Waals surface area contributed by atoms with E-state index < -0.39 is 5.60 Å². The average molecular weight is 410 g/mol. The molecule has 0 heterocycles. The molecule has 0 aromatic heterocycles. The normalized spacial score (nSPS) is 45.8. The summed E-state index contributed by atoms with van der Waals surface area (Å²) < 4.78 is 0. The summed E-state index contributed by atoms with van der Waals surface area (Å²) >= 11 is 0. The first kappa shape index (κ1) is 21.0. The van der Waals surface area contributed by atoms with Gasteiger partial charge >= 0.3 is 0 Å². The van der Waals surface area contributed by atoms with Gasteiger partial charge in [-0.2, -0.15) is 0 Å². The number of hydrogen-bond donors (Lipinski definition) is 2. The SMILES string of the molecule is C[C@@]1(O)CC[C@H]2[C@H](CC[C@@H]3[C@@H]2CC[C@]2(C)[C@@H](CNCc4ccccc4)CCC[C@@H]32)C1. The molecule has 0 saturated heterocycles. The topological polar surface area (TPSA) is 32.3 Å². The fraction of sp³-hybridized carbons (Fsp3) is 0.786. The Hall–Kier alpha value is -0.860. The molecule has 0 aliphatic heterocycles. The van der Waals surface area contributed by atoms with Gasteiger partial charge in [0.2, 0.25) is 0 Å². The van der Waals surface area contributed by atoms with Gasteiger partial charge in [-0.1, -0.05) is 43.7 Å². The Kier molecular flexibility index (Phi) is 5.77. The molecule has 0 amide bonds. The Bertz CT molecular complexity index is 715. The van der Waals surface area contributed by atoms with Crippen LogP contribution in [-0.2, 0) is 6.54 Å². The van der Waals surface area contributed by atoms with Gasteiger partial charge in [-0.25, -0.2) is 0 Å². The second-order valence-electron chi connectivity index (χ2n) is 12.0. The van der Waals surface area contributed by atoms with E-state index in [1.54, 1.807) is 0 Å². The highest BCUT2D eigenvalue weighted by Gasteiger charge is 2.55. The van der Waals surface area contributed by atoms with Crippen LogP contribution in [0.25, 0.3) is 0 Å². The minimum atomic E-state index is -0.391. The Morgan fingerprint density at radius 3 is 2.53 bits per heavy atom. The highest BCUT2D eigenvalue weighted by atomic mass is 16.3. The zero-order valence-electron chi connectivity index (χ0n) is 19.3. The molecule has 1 aromatic carbocycles. The smallest absolute Gasteiger partial charge is 0.0622 e. The molecule has 166 valence electrons. The van der Waals surface area contributed by atoms with Gasteiger partial charge in [0.1, 0.15) is 0 Å². The predicted octanol–water partition coefficient (Wildman–Crippen LogP) is 6.19. The van der Waals surface area contributed by atoms with Gasteiger partial charge in [-0.05, 0) is 118 Å². The van der Waals surface area contributed by atoms with Gasteiger partial charge < -0.3 is 10.4 Å². The summed E-state index contributed by atoms with van der Waals surface area (Å²) in [4.78, 5) is 0. The van der Waals surface area contributed by atoms with Crippen molar-refractivity contribution in [3.8, 4) is 0 Å².